The zero-order valence-corrected chi connectivity index (χ0v) is 13.5. The van der Waals surface area contributed by atoms with Crippen molar-refractivity contribution in [2.24, 2.45) is 0 Å². The van der Waals surface area contributed by atoms with Crippen LogP contribution in [0.2, 0.25) is 0 Å². The molecule has 0 bridgehead atoms. The van der Waals surface area contributed by atoms with Gasteiger partial charge in [0.2, 0.25) is 0 Å². The monoisotopic (exact) mass is 343 g/mol. The van der Waals surface area contributed by atoms with Crippen molar-refractivity contribution in [3.05, 3.63) is 36.5 Å². The molecule has 113 valence electrons. The minimum Gasteiger partial charge on any atom is -0.545 e. The molecule has 0 aromatic carbocycles. The number of hydrogen-bond donors (Lipinski definition) is 0. The number of rotatable bonds is 3. The zero-order valence-electron chi connectivity index (χ0n) is 11.4. The first-order valence-electron chi connectivity index (χ1n) is 4.54. The van der Waals surface area contributed by atoms with E-state index in [0.29, 0.717) is 0 Å². The Hall–Kier alpha value is -1.55. The molecule has 0 aliphatic rings. The number of halogens is 1. The van der Waals surface area contributed by atoms with E-state index >= 15 is 0 Å². The van der Waals surface area contributed by atoms with E-state index in [1.165, 1.54) is 20.8 Å². The summed E-state index contributed by atoms with van der Waals surface area (Å²) in [6.07, 6.45) is 0. The second-order valence-electron chi connectivity index (χ2n) is 3.20. The van der Waals surface area contributed by atoms with Crippen LogP contribution in [-0.4, -0.2) is 17.9 Å². The number of aliphatic carboxylic acids is 3. The van der Waals surface area contributed by atoms with Crippen molar-refractivity contribution >= 4 is 30.3 Å². The first kappa shape index (κ1) is 31.1. The summed E-state index contributed by atoms with van der Waals surface area (Å²) in [5, 5.41) is 28.5. The SMILES string of the molecule is C=C(C)C(=O)[O-].C=C(C)C(=O)[O-].C=C(C)C(=O)[O-].Cl.[Cr+3]. The van der Waals surface area contributed by atoms with Crippen molar-refractivity contribution in [2.45, 2.75) is 20.8 Å². The van der Waals surface area contributed by atoms with Gasteiger partial charge in [-0.05, 0) is 37.5 Å². The Balaban J connectivity index is -0.0000000536. The van der Waals surface area contributed by atoms with Crippen LogP contribution in [0, 0.1) is 0 Å². The molecular weight excluding hydrogens is 328 g/mol. The molecule has 0 aromatic rings. The molecule has 0 aromatic heterocycles. The largest absolute Gasteiger partial charge is 3.00 e. The summed E-state index contributed by atoms with van der Waals surface area (Å²) >= 11 is 0. The van der Waals surface area contributed by atoms with Crippen molar-refractivity contribution in [3.8, 4) is 0 Å². The first-order chi connectivity index (χ1) is 7.93. The summed E-state index contributed by atoms with van der Waals surface area (Å²) in [5.41, 5.74) is 0.194. The summed E-state index contributed by atoms with van der Waals surface area (Å²) < 4.78 is 0. The van der Waals surface area contributed by atoms with Crippen LogP contribution in [0.25, 0.3) is 0 Å². The minimum atomic E-state index is -1.19. The molecule has 0 atom stereocenters. The Labute approximate surface area is 135 Å². The molecule has 0 unspecified atom stereocenters. The van der Waals surface area contributed by atoms with Crippen LogP contribution in [-0.2, 0) is 31.7 Å². The predicted molar refractivity (Wildman–Crippen MR) is 66.7 cm³/mol. The van der Waals surface area contributed by atoms with Gasteiger partial charge in [-0.3, -0.25) is 0 Å². The van der Waals surface area contributed by atoms with Crippen LogP contribution >= 0.6 is 12.4 Å². The third kappa shape index (κ3) is 36.0. The van der Waals surface area contributed by atoms with Crippen LogP contribution in [0.5, 0.6) is 0 Å². The van der Waals surface area contributed by atoms with E-state index in [1.807, 2.05) is 0 Å². The van der Waals surface area contributed by atoms with Gasteiger partial charge in [0, 0.05) is 0 Å². The quantitative estimate of drug-likeness (QED) is 0.566. The van der Waals surface area contributed by atoms with E-state index in [1.54, 1.807) is 0 Å². The van der Waals surface area contributed by atoms with E-state index in [4.69, 9.17) is 0 Å². The van der Waals surface area contributed by atoms with Gasteiger partial charge in [-0.25, -0.2) is 0 Å². The molecule has 0 rings (SSSR count). The topological polar surface area (TPSA) is 120 Å². The fourth-order valence-corrected chi connectivity index (χ4v) is 0. The van der Waals surface area contributed by atoms with E-state index in [2.05, 4.69) is 19.7 Å². The predicted octanol–water partition coefficient (Wildman–Crippen LogP) is -1.64. The normalized spacial score (nSPS) is 6.75. The standard InChI is InChI=1S/3C4H6O2.ClH.Cr/c3*1-3(2)4(5)6;;/h3*1H2,2H3,(H,5,6);1H;/q;;;;+3/p-3. The van der Waals surface area contributed by atoms with Crippen molar-refractivity contribution in [1.29, 1.82) is 0 Å². The number of carboxylic acid groups (broad SMARTS) is 3. The van der Waals surface area contributed by atoms with Gasteiger partial charge in [0.05, 0.1) is 17.9 Å². The van der Waals surface area contributed by atoms with Crippen molar-refractivity contribution < 1.29 is 47.1 Å². The molecular formula is C12H16ClCrO6. The maximum absolute atomic E-state index is 9.49. The van der Waals surface area contributed by atoms with Crippen LogP contribution in [0.4, 0.5) is 0 Å². The molecule has 1 radical (unpaired) electrons. The summed E-state index contributed by atoms with van der Waals surface area (Å²) in [6.45, 7) is 13.4. The van der Waals surface area contributed by atoms with Crippen molar-refractivity contribution in [3.63, 3.8) is 0 Å². The summed E-state index contributed by atoms with van der Waals surface area (Å²) in [6, 6.07) is 0. The number of carboxylic acids is 3. The Morgan fingerprint density at radius 3 is 0.700 bits per heavy atom. The molecule has 6 nitrogen and oxygen atoms in total. The molecule has 8 heteroatoms. The van der Waals surface area contributed by atoms with E-state index in [0.717, 1.165) is 0 Å². The molecule has 0 saturated carbocycles. The average Bonchev–Trinajstić information content (AvgIpc) is 2.18. The van der Waals surface area contributed by atoms with Crippen molar-refractivity contribution in [2.75, 3.05) is 0 Å². The molecule has 0 aliphatic heterocycles. The van der Waals surface area contributed by atoms with Gasteiger partial charge in [0.25, 0.3) is 0 Å². The summed E-state index contributed by atoms with van der Waals surface area (Å²) in [4.78, 5) is 28.5. The second kappa shape index (κ2) is 17.5. The number of hydrogen-bond acceptors (Lipinski definition) is 6. The molecule has 0 heterocycles. The van der Waals surface area contributed by atoms with Gasteiger partial charge in [-0.15, -0.1) is 12.4 Å². The van der Waals surface area contributed by atoms with Gasteiger partial charge in [-0.2, -0.15) is 0 Å². The van der Waals surface area contributed by atoms with Gasteiger partial charge in [0.15, 0.2) is 0 Å². The molecule has 0 spiro atoms. The first-order valence-corrected chi connectivity index (χ1v) is 4.54. The maximum Gasteiger partial charge on any atom is 3.00 e. The number of carbonyl (C=O) groups excluding carboxylic acids is 3. The van der Waals surface area contributed by atoms with Crippen LogP contribution in [0.3, 0.4) is 0 Å². The van der Waals surface area contributed by atoms with Gasteiger partial charge >= 0.3 is 17.4 Å². The van der Waals surface area contributed by atoms with Crippen LogP contribution in [0.1, 0.15) is 20.8 Å². The summed E-state index contributed by atoms with van der Waals surface area (Å²) in [5.74, 6) is -3.56. The third-order valence-corrected chi connectivity index (χ3v) is 1.05. The smallest absolute Gasteiger partial charge is 0.545 e. The molecule has 0 aliphatic carbocycles. The minimum absolute atomic E-state index is 0. The fourth-order valence-electron chi connectivity index (χ4n) is 0. The molecule has 0 amide bonds. The van der Waals surface area contributed by atoms with Crippen LogP contribution in [0.15, 0.2) is 36.5 Å². The zero-order chi connectivity index (χ0) is 15.5. The Morgan fingerprint density at radius 1 is 0.650 bits per heavy atom. The van der Waals surface area contributed by atoms with Crippen molar-refractivity contribution in [1.82, 2.24) is 0 Å². The molecule has 20 heavy (non-hydrogen) atoms. The van der Waals surface area contributed by atoms with Gasteiger partial charge in [0.1, 0.15) is 0 Å². The van der Waals surface area contributed by atoms with E-state index in [9.17, 15) is 29.7 Å². The Kier molecular flexibility index (Phi) is 27.1. The fraction of sp³-hybridized carbons (Fsp3) is 0.250. The molecule has 0 saturated heterocycles. The Bertz CT molecular complexity index is 283. The average molecular weight is 344 g/mol. The molecule has 0 N–H and O–H groups in total. The summed E-state index contributed by atoms with van der Waals surface area (Å²) in [7, 11) is 0. The Morgan fingerprint density at radius 2 is 0.700 bits per heavy atom. The van der Waals surface area contributed by atoms with Crippen LogP contribution < -0.4 is 15.3 Å². The third-order valence-electron chi connectivity index (χ3n) is 1.05. The van der Waals surface area contributed by atoms with E-state index < -0.39 is 17.9 Å². The number of carbonyl (C=O) groups is 3. The maximum atomic E-state index is 9.49. The van der Waals surface area contributed by atoms with Gasteiger partial charge in [-0.1, -0.05) is 19.7 Å². The molecule has 0 fully saturated rings. The van der Waals surface area contributed by atoms with Gasteiger partial charge < -0.3 is 29.7 Å². The van der Waals surface area contributed by atoms with E-state index in [-0.39, 0.29) is 46.5 Å². The second-order valence-corrected chi connectivity index (χ2v) is 3.20.